The third-order valence-corrected chi connectivity index (χ3v) is 6.74. The lowest BCUT2D eigenvalue weighted by atomic mass is 10.2. The van der Waals surface area contributed by atoms with E-state index in [2.05, 4.69) is 16.0 Å². The third kappa shape index (κ3) is 4.76. The van der Waals surface area contributed by atoms with E-state index in [1.165, 1.54) is 11.3 Å². The van der Waals surface area contributed by atoms with Crippen LogP contribution in [0.25, 0.3) is 10.6 Å². The van der Waals surface area contributed by atoms with E-state index in [9.17, 15) is 4.79 Å². The Kier molecular flexibility index (Phi) is 6.72. The molecule has 1 aliphatic rings. The second-order valence-electron chi connectivity index (χ2n) is 7.68. The van der Waals surface area contributed by atoms with E-state index in [1.807, 2.05) is 67.3 Å². The molecule has 0 unspecified atom stereocenters. The highest BCUT2D eigenvalue weighted by molar-refractivity contribution is 7.17. The van der Waals surface area contributed by atoms with Crippen molar-refractivity contribution in [1.82, 2.24) is 9.88 Å². The summed E-state index contributed by atoms with van der Waals surface area (Å²) in [6.45, 7) is 7.53. The molecule has 1 saturated heterocycles. The quantitative estimate of drug-likeness (QED) is 0.566. The summed E-state index contributed by atoms with van der Waals surface area (Å²) in [5.41, 5.74) is 3.51. The Morgan fingerprint density at radius 2 is 1.84 bits per heavy atom. The van der Waals surface area contributed by atoms with Crippen molar-refractivity contribution in [3.05, 3.63) is 64.7 Å². The van der Waals surface area contributed by atoms with E-state index in [0.717, 1.165) is 53.8 Å². The molecule has 0 bridgehead atoms. The van der Waals surface area contributed by atoms with Crippen LogP contribution in [0.4, 0.5) is 5.69 Å². The lowest BCUT2D eigenvalue weighted by Gasteiger charge is -2.23. The third-order valence-electron chi connectivity index (χ3n) is 5.55. The number of hydrogen-bond donors (Lipinski definition) is 0. The fraction of sp³-hybridized carbons (Fsp3) is 0.320. The molecule has 7 heteroatoms. The molecule has 1 amide bonds. The lowest BCUT2D eigenvalue weighted by Crippen LogP contribution is -2.35. The first-order valence-corrected chi connectivity index (χ1v) is 11.7. The molecular weight excluding hydrogens is 420 g/mol. The van der Waals surface area contributed by atoms with E-state index >= 15 is 0 Å². The number of carbonyl (C=O) groups excluding carboxylic acids is 1. The van der Waals surface area contributed by atoms with Gasteiger partial charge < -0.3 is 14.5 Å². The second kappa shape index (κ2) is 9.84. The summed E-state index contributed by atoms with van der Waals surface area (Å²) < 4.78 is 5.51. The van der Waals surface area contributed by atoms with Gasteiger partial charge in [0.15, 0.2) is 0 Å². The van der Waals surface area contributed by atoms with Gasteiger partial charge >= 0.3 is 0 Å². The molecule has 6 nitrogen and oxygen atoms in total. The SMILES string of the molecule is CCOc1ccc(-c2nc(C)c(C(=O)N3CCCN(c4ccc(C#N)cc4)CC3)s2)cc1. The maximum absolute atomic E-state index is 13.3. The Morgan fingerprint density at radius 1 is 1.09 bits per heavy atom. The first-order valence-electron chi connectivity index (χ1n) is 10.8. The zero-order chi connectivity index (χ0) is 22.5. The topological polar surface area (TPSA) is 69.5 Å². The predicted octanol–water partition coefficient (Wildman–Crippen LogP) is 4.74. The maximum atomic E-state index is 13.3. The average molecular weight is 447 g/mol. The minimum atomic E-state index is 0.0545. The number of aryl methyl sites for hydroxylation is 1. The smallest absolute Gasteiger partial charge is 0.265 e. The number of nitriles is 1. The Morgan fingerprint density at radius 3 is 2.53 bits per heavy atom. The minimum Gasteiger partial charge on any atom is -0.494 e. The Bertz CT molecular complexity index is 1120. The average Bonchev–Trinajstić information content (AvgIpc) is 3.04. The van der Waals surface area contributed by atoms with E-state index in [0.29, 0.717) is 23.6 Å². The summed E-state index contributed by atoms with van der Waals surface area (Å²) in [4.78, 5) is 22.9. The largest absolute Gasteiger partial charge is 0.494 e. The molecule has 0 atom stereocenters. The van der Waals surface area contributed by atoms with Crippen molar-refractivity contribution in [2.24, 2.45) is 0 Å². The maximum Gasteiger partial charge on any atom is 0.265 e. The molecule has 1 aromatic heterocycles. The summed E-state index contributed by atoms with van der Waals surface area (Å²) in [5, 5.41) is 9.85. The van der Waals surface area contributed by atoms with Crippen molar-refractivity contribution in [2.75, 3.05) is 37.7 Å². The van der Waals surface area contributed by atoms with Crippen LogP contribution in [0, 0.1) is 18.3 Å². The first-order chi connectivity index (χ1) is 15.6. The number of amides is 1. The number of thiazole rings is 1. The molecule has 2 heterocycles. The van der Waals surface area contributed by atoms with E-state index in [1.54, 1.807) is 0 Å². The number of ether oxygens (including phenoxy) is 1. The molecule has 3 aromatic rings. The van der Waals surface area contributed by atoms with Gasteiger partial charge in [0, 0.05) is 37.4 Å². The molecule has 0 radical (unpaired) electrons. The van der Waals surface area contributed by atoms with Gasteiger partial charge in [0.25, 0.3) is 5.91 Å². The number of nitrogens with zero attached hydrogens (tertiary/aromatic N) is 4. The van der Waals surface area contributed by atoms with Gasteiger partial charge in [-0.2, -0.15) is 5.26 Å². The second-order valence-corrected chi connectivity index (χ2v) is 8.68. The number of aromatic nitrogens is 1. The molecule has 2 aromatic carbocycles. The van der Waals surface area contributed by atoms with Crippen LogP contribution >= 0.6 is 11.3 Å². The van der Waals surface area contributed by atoms with Crippen LogP contribution in [0.2, 0.25) is 0 Å². The molecule has 1 aliphatic heterocycles. The summed E-state index contributed by atoms with van der Waals surface area (Å²) in [6, 6.07) is 17.6. The molecule has 0 N–H and O–H groups in total. The summed E-state index contributed by atoms with van der Waals surface area (Å²) in [6.07, 6.45) is 0.898. The first kappa shape index (κ1) is 21.8. The number of carbonyl (C=O) groups is 1. The van der Waals surface area contributed by atoms with Crippen LogP contribution in [0.3, 0.4) is 0 Å². The highest BCUT2D eigenvalue weighted by atomic mass is 32.1. The summed E-state index contributed by atoms with van der Waals surface area (Å²) in [5.74, 6) is 0.885. The number of rotatable bonds is 5. The summed E-state index contributed by atoms with van der Waals surface area (Å²) >= 11 is 1.45. The van der Waals surface area contributed by atoms with E-state index in [-0.39, 0.29) is 5.91 Å². The highest BCUT2D eigenvalue weighted by Gasteiger charge is 2.24. The standard InChI is InChI=1S/C25H26N4O2S/c1-3-31-22-11-7-20(8-12-22)24-27-18(2)23(32-24)25(30)29-14-4-13-28(15-16-29)21-9-5-19(17-26)6-10-21/h5-12H,3-4,13-16H2,1-2H3. The zero-order valence-electron chi connectivity index (χ0n) is 18.4. The molecule has 0 spiro atoms. The van der Waals surface area contributed by atoms with Crippen molar-refractivity contribution >= 4 is 22.9 Å². The van der Waals surface area contributed by atoms with Gasteiger partial charge in [-0.25, -0.2) is 4.98 Å². The molecular formula is C25H26N4O2S. The van der Waals surface area contributed by atoms with Crippen molar-refractivity contribution in [1.29, 1.82) is 5.26 Å². The van der Waals surface area contributed by atoms with Crippen LogP contribution in [0.1, 0.15) is 34.3 Å². The number of anilines is 1. The normalized spacial score (nSPS) is 14.0. The van der Waals surface area contributed by atoms with E-state index < -0.39 is 0 Å². The molecule has 0 saturated carbocycles. The fourth-order valence-corrected chi connectivity index (χ4v) is 4.89. The Hall–Kier alpha value is -3.37. The van der Waals surface area contributed by atoms with Crippen LogP contribution in [0.5, 0.6) is 5.75 Å². The highest BCUT2D eigenvalue weighted by Crippen LogP contribution is 2.30. The summed E-state index contributed by atoms with van der Waals surface area (Å²) in [7, 11) is 0. The van der Waals surface area contributed by atoms with Crippen molar-refractivity contribution in [2.45, 2.75) is 20.3 Å². The monoisotopic (exact) mass is 446 g/mol. The lowest BCUT2D eigenvalue weighted by molar-refractivity contribution is 0.0771. The molecule has 0 aliphatic carbocycles. The zero-order valence-corrected chi connectivity index (χ0v) is 19.2. The number of benzene rings is 2. The van der Waals surface area contributed by atoms with Gasteiger partial charge in [-0.15, -0.1) is 11.3 Å². The molecule has 164 valence electrons. The van der Waals surface area contributed by atoms with Gasteiger partial charge in [-0.1, -0.05) is 0 Å². The molecule has 1 fully saturated rings. The van der Waals surface area contributed by atoms with E-state index in [4.69, 9.17) is 10.00 Å². The van der Waals surface area contributed by atoms with Crippen LogP contribution < -0.4 is 9.64 Å². The van der Waals surface area contributed by atoms with Gasteiger partial charge in [0.05, 0.1) is 23.9 Å². The van der Waals surface area contributed by atoms with Gasteiger partial charge in [-0.05, 0) is 68.8 Å². The van der Waals surface area contributed by atoms with Gasteiger partial charge in [0.2, 0.25) is 0 Å². The minimum absolute atomic E-state index is 0.0545. The Labute approximate surface area is 192 Å². The fourth-order valence-electron chi connectivity index (χ4n) is 3.85. The number of hydrogen-bond acceptors (Lipinski definition) is 6. The van der Waals surface area contributed by atoms with Crippen LogP contribution in [0.15, 0.2) is 48.5 Å². The predicted molar refractivity (Wildman–Crippen MR) is 127 cm³/mol. The van der Waals surface area contributed by atoms with Crippen LogP contribution in [-0.2, 0) is 0 Å². The van der Waals surface area contributed by atoms with Crippen molar-refractivity contribution in [3.8, 4) is 22.4 Å². The van der Waals surface area contributed by atoms with Crippen molar-refractivity contribution < 1.29 is 9.53 Å². The van der Waals surface area contributed by atoms with Crippen LogP contribution in [-0.4, -0.2) is 48.6 Å². The molecule has 32 heavy (non-hydrogen) atoms. The molecule has 4 rings (SSSR count). The van der Waals surface area contributed by atoms with Gasteiger partial charge in [-0.3, -0.25) is 4.79 Å². The van der Waals surface area contributed by atoms with Gasteiger partial charge in [0.1, 0.15) is 15.6 Å². The van der Waals surface area contributed by atoms with Crippen molar-refractivity contribution in [3.63, 3.8) is 0 Å². The Balaban J connectivity index is 1.45.